The molecular formula is C13H18BrNO2. The summed E-state index contributed by atoms with van der Waals surface area (Å²) in [5, 5.41) is 3.35. The number of halogens is 1. The molecule has 1 aliphatic heterocycles. The van der Waals surface area contributed by atoms with E-state index in [1.54, 1.807) is 7.11 Å². The highest BCUT2D eigenvalue weighted by Gasteiger charge is 2.15. The van der Waals surface area contributed by atoms with Gasteiger partial charge in [0.15, 0.2) is 0 Å². The summed E-state index contributed by atoms with van der Waals surface area (Å²) in [6.07, 6.45) is 1.22. The van der Waals surface area contributed by atoms with Gasteiger partial charge >= 0.3 is 0 Å². The van der Waals surface area contributed by atoms with Crippen molar-refractivity contribution in [2.45, 2.75) is 19.4 Å². The third kappa shape index (κ3) is 3.21. The third-order valence-electron chi connectivity index (χ3n) is 2.96. The van der Waals surface area contributed by atoms with Crippen LogP contribution in [0.5, 0.6) is 5.75 Å². The topological polar surface area (TPSA) is 30.5 Å². The first-order valence-corrected chi connectivity index (χ1v) is 6.65. The summed E-state index contributed by atoms with van der Waals surface area (Å²) in [4.78, 5) is 0. The summed E-state index contributed by atoms with van der Waals surface area (Å²) in [5.74, 6) is 0.913. The summed E-state index contributed by atoms with van der Waals surface area (Å²) in [7, 11) is 1.70. The molecule has 1 aromatic rings. The molecule has 94 valence electrons. The maximum Gasteiger partial charge on any atom is 0.135 e. The van der Waals surface area contributed by atoms with Gasteiger partial charge < -0.3 is 14.8 Å². The molecule has 2 rings (SSSR count). The highest BCUT2D eigenvalue weighted by Crippen LogP contribution is 2.30. The van der Waals surface area contributed by atoms with Crippen LogP contribution in [0, 0.1) is 6.92 Å². The van der Waals surface area contributed by atoms with Gasteiger partial charge in [-0.25, -0.2) is 0 Å². The fraction of sp³-hybridized carbons (Fsp3) is 0.538. The number of hydrogen-bond donors (Lipinski definition) is 1. The Morgan fingerprint density at radius 3 is 2.94 bits per heavy atom. The van der Waals surface area contributed by atoms with Gasteiger partial charge in [0.1, 0.15) is 5.75 Å². The molecule has 0 aliphatic carbocycles. The van der Waals surface area contributed by atoms with Crippen LogP contribution in [0.1, 0.15) is 11.1 Å². The van der Waals surface area contributed by atoms with Crippen molar-refractivity contribution < 1.29 is 9.47 Å². The molecule has 0 spiro atoms. The second-order valence-electron chi connectivity index (χ2n) is 4.33. The van der Waals surface area contributed by atoms with E-state index in [2.05, 4.69) is 40.3 Å². The van der Waals surface area contributed by atoms with Crippen LogP contribution in [0.25, 0.3) is 0 Å². The molecule has 0 amide bonds. The molecule has 1 aliphatic rings. The first-order chi connectivity index (χ1) is 8.20. The van der Waals surface area contributed by atoms with E-state index >= 15 is 0 Å². The second kappa shape index (κ2) is 5.85. The zero-order valence-electron chi connectivity index (χ0n) is 10.3. The van der Waals surface area contributed by atoms with E-state index in [1.807, 2.05) is 0 Å². The van der Waals surface area contributed by atoms with Crippen molar-refractivity contribution in [1.82, 2.24) is 5.32 Å². The molecule has 1 heterocycles. The molecule has 1 saturated heterocycles. The molecular weight excluding hydrogens is 282 g/mol. The molecule has 0 aromatic heterocycles. The first kappa shape index (κ1) is 12.9. The normalized spacial score (nSPS) is 20.3. The fourth-order valence-electron chi connectivity index (χ4n) is 2.19. The lowest BCUT2D eigenvalue weighted by molar-refractivity contribution is 0.0292. The Morgan fingerprint density at radius 2 is 2.35 bits per heavy atom. The van der Waals surface area contributed by atoms with Crippen LogP contribution in [-0.4, -0.2) is 32.9 Å². The van der Waals surface area contributed by atoms with Gasteiger partial charge in [0.25, 0.3) is 0 Å². The van der Waals surface area contributed by atoms with E-state index in [9.17, 15) is 0 Å². The molecule has 4 heteroatoms. The lowest BCUT2D eigenvalue weighted by Crippen LogP contribution is -2.39. The van der Waals surface area contributed by atoms with Crippen molar-refractivity contribution in [3.8, 4) is 5.75 Å². The van der Waals surface area contributed by atoms with Crippen molar-refractivity contribution in [2.75, 3.05) is 26.8 Å². The summed E-state index contributed by atoms with van der Waals surface area (Å²) >= 11 is 3.54. The predicted octanol–water partition coefficient (Wildman–Crippen LogP) is 2.30. The van der Waals surface area contributed by atoms with Crippen LogP contribution in [0.15, 0.2) is 16.6 Å². The third-order valence-corrected chi connectivity index (χ3v) is 3.55. The van der Waals surface area contributed by atoms with Crippen LogP contribution >= 0.6 is 15.9 Å². The van der Waals surface area contributed by atoms with Crippen molar-refractivity contribution >= 4 is 15.9 Å². The number of nitrogens with one attached hydrogen (secondary N) is 1. The van der Waals surface area contributed by atoms with E-state index in [0.717, 1.165) is 41.9 Å². The lowest BCUT2D eigenvalue weighted by atomic mass is 10.0. The van der Waals surface area contributed by atoms with Crippen molar-refractivity contribution in [3.05, 3.63) is 27.7 Å². The minimum absolute atomic E-state index is 0.281. The van der Waals surface area contributed by atoms with Crippen LogP contribution in [0.3, 0.4) is 0 Å². The van der Waals surface area contributed by atoms with Gasteiger partial charge in [-0.1, -0.05) is 6.07 Å². The van der Waals surface area contributed by atoms with Crippen LogP contribution in [0.4, 0.5) is 0 Å². The van der Waals surface area contributed by atoms with Gasteiger partial charge in [0.2, 0.25) is 0 Å². The Balaban J connectivity index is 2.10. The maximum absolute atomic E-state index is 5.71. The Hall–Kier alpha value is -0.580. The van der Waals surface area contributed by atoms with E-state index in [1.165, 1.54) is 5.56 Å². The fourth-order valence-corrected chi connectivity index (χ4v) is 2.96. The average Bonchev–Trinajstić information content (AvgIpc) is 2.30. The van der Waals surface area contributed by atoms with Gasteiger partial charge in [0.05, 0.1) is 24.3 Å². The number of morpholine rings is 1. The van der Waals surface area contributed by atoms with Gasteiger partial charge in [-0.05, 0) is 46.5 Å². The first-order valence-electron chi connectivity index (χ1n) is 5.86. The van der Waals surface area contributed by atoms with E-state index in [4.69, 9.17) is 9.47 Å². The van der Waals surface area contributed by atoms with Gasteiger partial charge in [-0.3, -0.25) is 0 Å². The standard InChI is InChI=1S/C13H18BrNO2/c1-9-5-10(7-12(14)13(9)16-2)6-11-8-15-3-4-17-11/h5,7,11,15H,3-4,6,8H2,1-2H3. The van der Waals surface area contributed by atoms with Gasteiger partial charge in [-0.2, -0.15) is 0 Å². The van der Waals surface area contributed by atoms with Crippen LogP contribution < -0.4 is 10.1 Å². The molecule has 1 atom stereocenters. The summed E-state index contributed by atoms with van der Waals surface area (Å²) in [6, 6.07) is 4.28. The molecule has 3 nitrogen and oxygen atoms in total. The number of aryl methyl sites for hydroxylation is 1. The number of rotatable bonds is 3. The second-order valence-corrected chi connectivity index (χ2v) is 5.18. The quantitative estimate of drug-likeness (QED) is 0.929. The smallest absolute Gasteiger partial charge is 0.135 e. The molecule has 1 aromatic carbocycles. The number of hydrogen-bond acceptors (Lipinski definition) is 3. The molecule has 0 bridgehead atoms. The average molecular weight is 300 g/mol. The largest absolute Gasteiger partial charge is 0.495 e. The van der Waals surface area contributed by atoms with Crippen LogP contribution in [-0.2, 0) is 11.2 Å². The Labute approximate surface area is 111 Å². The summed E-state index contributed by atoms with van der Waals surface area (Å²) in [5.41, 5.74) is 2.43. The zero-order chi connectivity index (χ0) is 12.3. The molecule has 1 N–H and O–H groups in total. The summed E-state index contributed by atoms with van der Waals surface area (Å²) in [6.45, 7) is 4.76. The number of methoxy groups -OCH3 is 1. The van der Waals surface area contributed by atoms with Gasteiger partial charge in [0, 0.05) is 13.1 Å². The number of ether oxygens (including phenoxy) is 2. The zero-order valence-corrected chi connectivity index (χ0v) is 11.8. The maximum atomic E-state index is 5.71. The lowest BCUT2D eigenvalue weighted by Gasteiger charge is -2.24. The highest BCUT2D eigenvalue weighted by molar-refractivity contribution is 9.10. The molecule has 1 fully saturated rings. The SMILES string of the molecule is COc1c(C)cc(CC2CNCCO2)cc1Br. The minimum Gasteiger partial charge on any atom is -0.495 e. The van der Waals surface area contributed by atoms with Crippen molar-refractivity contribution in [2.24, 2.45) is 0 Å². The van der Waals surface area contributed by atoms with E-state index in [-0.39, 0.29) is 6.10 Å². The van der Waals surface area contributed by atoms with E-state index in [0.29, 0.717) is 0 Å². The van der Waals surface area contributed by atoms with Crippen LogP contribution in [0.2, 0.25) is 0 Å². The Kier molecular flexibility index (Phi) is 4.42. The van der Waals surface area contributed by atoms with Gasteiger partial charge in [-0.15, -0.1) is 0 Å². The molecule has 1 unspecified atom stereocenters. The minimum atomic E-state index is 0.281. The Bertz CT molecular complexity index is 366. The summed E-state index contributed by atoms with van der Waals surface area (Å²) < 4.78 is 12.1. The van der Waals surface area contributed by atoms with Crippen molar-refractivity contribution in [3.63, 3.8) is 0 Å². The molecule has 0 saturated carbocycles. The van der Waals surface area contributed by atoms with Crippen molar-refractivity contribution in [1.29, 1.82) is 0 Å². The van der Waals surface area contributed by atoms with E-state index < -0.39 is 0 Å². The molecule has 17 heavy (non-hydrogen) atoms. The highest BCUT2D eigenvalue weighted by atomic mass is 79.9. The Morgan fingerprint density at radius 1 is 1.53 bits per heavy atom. The molecule has 0 radical (unpaired) electrons. The predicted molar refractivity (Wildman–Crippen MR) is 71.7 cm³/mol. The monoisotopic (exact) mass is 299 g/mol. The number of benzene rings is 1.